The Hall–Kier alpha value is -2.22. The number of nitrogens with zero attached hydrogens (tertiary/aromatic N) is 2. The van der Waals surface area contributed by atoms with Gasteiger partial charge in [-0.3, -0.25) is 9.78 Å². The molecule has 1 aromatic carbocycles. The molecular weight excluding hydrogens is 363 g/mol. The molecule has 112 valence electrons. The van der Waals surface area contributed by atoms with Crippen LogP contribution < -0.4 is 5.56 Å². The van der Waals surface area contributed by atoms with Crippen molar-refractivity contribution in [3.8, 4) is 0 Å². The third-order valence-electron chi connectivity index (χ3n) is 3.02. The van der Waals surface area contributed by atoms with Gasteiger partial charge in [-0.05, 0) is 30.3 Å². The summed E-state index contributed by atoms with van der Waals surface area (Å²) in [7, 11) is 0. The second-order valence-corrected chi connectivity index (χ2v) is 5.43. The molecule has 1 N–H and O–H groups in total. The Balaban J connectivity index is 2.20. The van der Waals surface area contributed by atoms with E-state index >= 15 is 0 Å². The zero-order valence-electron chi connectivity index (χ0n) is 10.8. The maximum atomic E-state index is 14.4. The quantitative estimate of drug-likeness (QED) is 0.753. The van der Waals surface area contributed by atoms with Crippen LogP contribution in [0.4, 0.5) is 13.2 Å². The van der Waals surface area contributed by atoms with Crippen LogP contribution in [0.15, 0.2) is 45.8 Å². The molecule has 0 amide bonds. The summed E-state index contributed by atoms with van der Waals surface area (Å²) in [5, 5.41) is 0.190. The first-order chi connectivity index (χ1) is 10.4. The highest BCUT2D eigenvalue weighted by molar-refractivity contribution is 9.10. The number of aromatic amines is 1. The summed E-state index contributed by atoms with van der Waals surface area (Å²) in [4.78, 5) is 21.1. The first-order valence-corrected chi connectivity index (χ1v) is 6.87. The number of halogens is 4. The Morgan fingerprint density at radius 2 is 1.95 bits per heavy atom. The van der Waals surface area contributed by atoms with Crippen molar-refractivity contribution in [1.82, 2.24) is 15.0 Å². The van der Waals surface area contributed by atoms with Gasteiger partial charge in [0.2, 0.25) is 0 Å². The van der Waals surface area contributed by atoms with Crippen LogP contribution in [0.25, 0.3) is 10.9 Å². The third kappa shape index (κ3) is 2.50. The second-order valence-electron chi connectivity index (χ2n) is 4.51. The van der Waals surface area contributed by atoms with Crippen LogP contribution >= 0.6 is 15.9 Å². The van der Waals surface area contributed by atoms with Gasteiger partial charge in [0.15, 0.2) is 5.82 Å². The Morgan fingerprint density at radius 1 is 1.18 bits per heavy atom. The molecule has 2 heterocycles. The van der Waals surface area contributed by atoms with E-state index in [0.29, 0.717) is 10.7 Å². The minimum atomic E-state index is -3.65. The molecule has 0 saturated carbocycles. The molecule has 4 nitrogen and oxygen atoms in total. The van der Waals surface area contributed by atoms with E-state index in [2.05, 4.69) is 30.9 Å². The zero-order valence-corrected chi connectivity index (χ0v) is 12.4. The van der Waals surface area contributed by atoms with E-state index in [1.54, 1.807) is 6.07 Å². The van der Waals surface area contributed by atoms with E-state index in [9.17, 15) is 18.0 Å². The van der Waals surface area contributed by atoms with E-state index in [0.717, 1.165) is 12.1 Å². The third-order valence-corrected chi connectivity index (χ3v) is 3.51. The lowest BCUT2D eigenvalue weighted by atomic mass is 10.2. The first kappa shape index (κ1) is 14.7. The molecule has 3 aromatic rings. The molecule has 0 atom stereocenters. The second kappa shape index (κ2) is 5.20. The molecule has 0 fully saturated rings. The highest BCUT2D eigenvalue weighted by atomic mass is 79.9. The Bertz CT molecular complexity index is 909. The Morgan fingerprint density at radius 3 is 2.64 bits per heavy atom. The van der Waals surface area contributed by atoms with Gasteiger partial charge in [0.25, 0.3) is 5.56 Å². The van der Waals surface area contributed by atoms with Crippen molar-refractivity contribution in [3.05, 3.63) is 68.7 Å². The number of fused-ring (bicyclic) bond motifs is 1. The SMILES string of the molecule is O=c1[nH]c(C(F)(F)c2ccc(F)cn2)nc2cc(Br)ccc12. The van der Waals surface area contributed by atoms with Gasteiger partial charge < -0.3 is 4.98 Å². The van der Waals surface area contributed by atoms with Gasteiger partial charge in [0.1, 0.15) is 11.5 Å². The molecule has 0 aliphatic carbocycles. The molecule has 0 unspecified atom stereocenters. The van der Waals surface area contributed by atoms with Gasteiger partial charge >= 0.3 is 5.92 Å². The van der Waals surface area contributed by atoms with Crippen molar-refractivity contribution < 1.29 is 13.2 Å². The summed E-state index contributed by atoms with van der Waals surface area (Å²) in [6, 6.07) is 6.26. The molecule has 0 spiro atoms. The highest BCUT2D eigenvalue weighted by Crippen LogP contribution is 2.32. The van der Waals surface area contributed by atoms with Crippen LogP contribution in [0.5, 0.6) is 0 Å². The van der Waals surface area contributed by atoms with Gasteiger partial charge in [0, 0.05) is 4.47 Å². The number of pyridine rings is 1. The maximum Gasteiger partial charge on any atom is 0.346 e. The lowest BCUT2D eigenvalue weighted by Gasteiger charge is -2.15. The summed E-state index contributed by atoms with van der Waals surface area (Å²) < 4.78 is 42.2. The number of aromatic nitrogens is 3. The number of nitrogens with one attached hydrogen (secondary N) is 1. The number of H-pyrrole nitrogens is 1. The van der Waals surface area contributed by atoms with Crippen LogP contribution in [0.3, 0.4) is 0 Å². The number of rotatable bonds is 2. The molecule has 3 rings (SSSR count). The topological polar surface area (TPSA) is 58.6 Å². The molecule has 0 aliphatic heterocycles. The van der Waals surface area contributed by atoms with Gasteiger partial charge in [0.05, 0.1) is 17.1 Å². The molecule has 0 saturated heterocycles. The predicted octanol–water partition coefficient (Wildman–Crippen LogP) is 3.36. The lowest BCUT2D eigenvalue weighted by molar-refractivity contribution is 0.0281. The number of alkyl halides is 2. The Kier molecular flexibility index (Phi) is 3.48. The van der Waals surface area contributed by atoms with Crippen molar-refractivity contribution in [1.29, 1.82) is 0 Å². The largest absolute Gasteiger partial charge is 0.346 e. The molecule has 0 aliphatic rings. The standard InChI is InChI=1S/C14H7BrF3N3O/c15-7-1-3-9-10(5-7)20-13(21-12(9)22)14(17,18)11-4-2-8(16)6-19-11/h1-6H,(H,20,21,22). The summed E-state index contributed by atoms with van der Waals surface area (Å²) in [6.45, 7) is 0. The maximum absolute atomic E-state index is 14.4. The highest BCUT2D eigenvalue weighted by Gasteiger charge is 2.39. The summed E-state index contributed by atoms with van der Waals surface area (Å²) in [6.07, 6.45) is 0.680. The zero-order chi connectivity index (χ0) is 15.9. The predicted molar refractivity (Wildman–Crippen MR) is 77.3 cm³/mol. The smallest absolute Gasteiger partial charge is 0.305 e. The monoisotopic (exact) mass is 369 g/mol. The van der Waals surface area contributed by atoms with E-state index in [1.165, 1.54) is 12.1 Å². The average molecular weight is 370 g/mol. The molecule has 22 heavy (non-hydrogen) atoms. The van der Waals surface area contributed by atoms with Crippen molar-refractivity contribution >= 4 is 26.8 Å². The summed E-state index contributed by atoms with van der Waals surface area (Å²) in [5.41, 5.74) is -1.27. The fourth-order valence-corrected chi connectivity index (χ4v) is 2.29. The first-order valence-electron chi connectivity index (χ1n) is 6.08. The molecule has 2 aromatic heterocycles. The average Bonchev–Trinajstić information content (AvgIpc) is 2.47. The number of benzene rings is 1. The van der Waals surface area contributed by atoms with Gasteiger partial charge in [-0.25, -0.2) is 9.37 Å². The van der Waals surface area contributed by atoms with Gasteiger partial charge in [-0.2, -0.15) is 8.78 Å². The van der Waals surface area contributed by atoms with Crippen LogP contribution in [-0.4, -0.2) is 15.0 Å². The molecule has 0 radical (unpaired) electrons. The fourth-order valence-electron chi connectivity index (χ4n) is 1.94. The van der Waals surface area contributed by atoms with Crippen molar-refractivity contribution in [3.63, 3.8) is 0 Å². The van der Waals surface area contributed by atoms with E-state index in [4.69, 9.17) is 0 Å². The van der Waals surface area contributed by atoms with E-state index in [-0.39, 0.29) is 10.9 Å². The van der Waals surface area contributed by atoms with E-state index < -0.39 is 28.8 Å². The minimum Gasteiger partial charge on any atom is -0.305 e. The summed E-state index contributed by atoms with van der Waals surface area (Å²) >= 11 is 3.19. The van der Waals surface area contributed by atoms with Crippen molar-refractivity contribution in [2.24, 2.45) is 0 Å². The van der Waals surface area contributed by atoms with Crippen molar-refractivity contribution in [2.75, 3.05) is 0 Å². The van der Waals surface area contributed by atoms with Crippen LogP contribution in [0, 0.1) is 5.82 Å². The lowest BCUT2D eigenvalue weighted by Crippen LogP contribution is -2.25. The Labute approximate surface area is 130 Å². The number of hydrogen-bond acceptors (Lipinski definition) is 3. The number of hydrogen-bond donors (Lipinski definition) is 1. The normalized spacial score (nSPS) is 11.8. The van der Waals surface area contributed by atoms with Gasteiger partial charge in [-0.15, -0.1) is 0 Å². The van der Waals surface area contributed by atoms with Gasteiger partial charge in [-0.1, -0.05) is 15.9 Å². The minimum absolute atomic E-state index is 0.120. The van der Waals surface area contributed by atoms with Crippen LogP contribution in [-0.2, 0) is 5.92 Å². The molecular formula is C14H7BrF3N3O. The van der Waals surface area contributed by atoms with Crippen LogP contribution in [0.1, 0.15) is 11.5 Å². The van der Waals surface area contributed by atoms with E-state index in [1.807, 2.05) is 0 Å². The summed E-state index contributed by atoms with van der Waals surface area (Å²) in [5.74, 6) is -5.23. The fraction of sp³-hybridized carbons (Fsp3) is 0.0714. The molecule has 0 bridgehead atoms. The van der Waals surface area contributed by atoms with Crippen molar-refractivity contribution in [2.45, 2.75) is 5.92 Å². The molecule has 8 heteroatoms. The van der Waals surface area contributed by atoms with Crippen LogP contribution in [0.2, 0.25) is 0 Å².